The molecular weight excluding hydrogens is 312 g/mol. The highest BCUT2D eigenvalue weighted by Crippen LogP contribution is 2.25. The van der Waals surface area contributed by atoms with Gasteiger partial charge in [-0.05, 0) is 43.2 Å². The third-order valence-corrected chi connectivity index (χ3v) is 3.37. The SMILES string of the molecule is CCCc1cc(Cl)nc(-c2ccc(Br)cc2C)n1. The lowest BCUT2D eigenvalue weighted by Crippen LogP contribution is -1.97. The van der Waals surface area contributed by atoms with Gasteiger partial charge in [0.2, 0.25) is 0 Å². The first kappa shape index (κ1) is 13.5. The van der Waals surface area contributed by atoms with Crippen molar-refractivity contribution in [2.24, 2.45) is 0 Å². The minimum atomic E-state index is 0.505. The van der Waals surface area contributed by atoms with E-state index in [-0.39, 0.29) is 0 Å². The molecule has 0 fully saturated rings. The van der Waals surface area contributed by atoms with Crippen molar-refractivity contribution in [1.82, 2.24) is 9.97 Å². The number of hydrogen-bond acceptors (Lipinski definition) is 2. The zero-order chi connectivity index (χ0) is 13.1. The van der Waals surface area contributed by atoms with E-state index in [0.717, 1.165) is 34.1 Å². The Labute approximate surface area is 121 Å². The first-order chi connectivity index (χ1) is 8.60. The molecule has 1 aromatic heterocycles. The van der Waals surface area contributed by atoms with Crippen molar-refractivity contribution in [3.63, 3.8) is 0 Å². The standard InChI is InChI=1S/C14H14BrClN2/c1-3-4-11-8-13(16)18-14(17-11)12-6-5-10(15)7-9(12)2/h5-8H,3-4H2,1-2H3. The maximum absolute atomic E-state index is 6.06. The van der Waals surface area contributed by atoms with Gasteiger partial charge in [0.25, 0.3) is 0 Å². The Kier molecular flexibility index (Phi) is 4.36. The summed E-state index contributed by atoms with van der Waals surface area (Å²) in [5.41, 5.74) is 3.15. The Balaban J connectivity index is 2.49. The van der Waals surface area contributed by atoms with Crippen LogP contribution >= 0.6 is 27.5 Å². The monoisotopic (exact) mass is 324 g/mol. The Hall–Kier alpha value is -0.930. The van der Waals surface area contributed by atoms with Crippen LogP contribution in [0.1, 0.15) is 24.6 Å². The molecule has 0 N–H and O–H groups in total. The molecule has 94 valence electrons. The zero-order valence-corrected chi connectivity index (χ0v) is 12.7. The van der Waals surface area contributed by atoms with Crippen molar-refractivity contribution in [1.29, 1.82) is 0 Å². The summed E-state index contributed by atoms with van der Waals surface area (Å²) in [4.78, 5) is 8.89. The van der Waals surface area contributed by atoms with Crippen molar-refractivity contribution in [3.05, 3.63) is 45.1 Å². The second kappa shape index (κ2) is 5.81. The first-order valence-electron chi connectivity index (χ1n) is 5.90. The molecule has 0 unspecified atom stereocenters. The molecule has 0 saturated carbocycles. The maximum atomic E-state index is 6.06. The van der Waals surface area contributed by atoms with Gasteiger partial charge in [0.15, 0.2) is 5.82 Å². The van der Waals surface area contributed by atoms with Crippen LogP contribution in [0.4, 0.5) is 0 Å². The van der Waals surface area contributed by atoms with E-state index >= 15 is 0 Å². The molecular formula is C14H14BrClN2. The van der Waals surface area contributed by atoms with Crippen LogP contribution < -0.4 is 0 Å². The fourth-order valence-corrected chi connectivity index (χ4v) is 2.53. The van der Waals surface area contributed by atoms with Crippen LogP contribution in [0.2, 0.25) is 5.15 Å². The molecule has 4 heteroatoms. The van der Waals surface area contributed by atoms with E-state index in [0.29, 0.717) is 11.0 Å². The van der Waals surface area contributed by atoms with E-state index in [4.69, 9.17) is 11.6 Å². The van der Waals surface area contributed by atoms with Crippen LogP contribution in [-0.4, -0.2) is 9.97 Å². The van der Waals surface area contributed by atoms with Crippen molar-refractivity contribution >= 4 is 27.5 Å². The van der Waals surface area contributed by atoms with Crippen LogP contribution in [0.15, 0.2) is 28.7 Å². The topological polar surface area (TPSA) is 25.8 Å². The number of aromatic nitrogens is 2. The smallest absolute Gasteiger partial charge is 0.161 e. The highest BCUT2D eigenvalue weighted by atomic mass is 79.9. The average Bonchev–Trinajstić information content (AvgIpc) is 2.28. The van der Waals surface area contributed by atoms with Crippen LogP contribution in [0.5, 0.6) is 0 Å². The normalized spacial score (nSPS) is 10.7. The molecule has 2 aromatic rings. The Morgan fingerprint density at radius 2 is 2.00 bits per heavy atom. The van der Waals surface area contributed by atoms with Crippen molar-refractivity contribution in [2.75, 3.05) is 0 Å². The van der Waals surface area contributed by atoms with E-state index in [1.165, 1.54) is 0 Å². The summed E-state index contributed by atoms with van der Waals surface area (Å²) in [5, 5.41) is 0.505. The van der Waals surface area contributed by atoms with E-state index < -0.39 is 0 Å². The van der Waals surface area contributed by atoms with Crippen molar-refractivity contribution in [3.8, 4) is 11.4 Å². The first-order valence-corrected chi connectivity index (χ1v) is 7.07. The summed E-state index contributed by atoms with van der Waals surface area (Å²) in [5.74, 6) is 0.705. The lowest BCUT2D eigenvalue weighted by atomic mass is 10.1. The fourth-order valence-electron chi connectivity index (χ4n) is 1.85. The van der Waals surface area contributed by atoms with Gasteiger partial charge in [-0.25, -0.2) is 9.97 Å². The van der Waals surface area contributed by atoms with Gasteiger partial charge in [0.05, 0.1) is 0 Å². The summed E-state index contributed by atoms with van der Waals surface area (Å²) in [6, 6.07) is 7.90. The third-order valence-electron chi connectivity index (χ3n) is 2.68. The summed E-state index contributed by atoms with van der Waals surface area (Å²) in [7, 11) is 0. The molecule has 0 spiro atoms. The Morgan fingerprint density at radius 3 is 2.67 bits per heavy atom. The average molecular weight is 326 g/mol. The summed E-state index contributed by atoms with van der Waals surface area (Å²) in [6.07, 6.45) is 1.97. The summed E-state index contributed by atoms with van der Waals surface area (Å²) >= 11 is 9.51. The fraction of sp³-hybridized carbons (Fsp3) is 0.286. The van der Waals surface area contributed by atoms with Crippen LogP contribution in [0.25, 0.3) is 11.4 Å². The van der Waals surface area contributed by atoms with Gasteiger partial charge in [-0.1, -0.05) is 40.9 Å². The number of rotatable bonds is 3. The van der Waals surface area contributed by atoms with Gasteiger partial charge < -0.3 is 0 Å². The van der Waals surface area contributed by atoms with Crippen LogP contribution in [-0.2, 0) is 6.42 Å². The molecule has 0 amide bonds. The number of benzene rings is 1. The van der Waals surface area contributed by atoms with Gasteiger partial charge in [-0.15, -0.1) is 0 Å². The lowest BCUT2D eigenvalue weighted by molar-refractivity contribution is 0.875. The van der Waals surface area contributed by atoms with Gasteiger partial charge >= 0.3 is 0 Å². The highest BCUT2D eigenvalue weighted by molar-refractivity contribution is 9.10. The number of aryl methyl sites for hydroxylation is 2. The number of halogens is 2. The van der Waals surface area contributed by atoms with Gasteiger partial charge in [-0.3, -0.25) is 0 Å². The molecule has 2 rings (SSSR count). The molecule has 0 aliphatic heterocycles. The third kappa shape index (κ3) is 3.09. The van der Waals surface area contributed by atoms with Gasteiger partial charge in [-0.2, -0.15) is 0 Å². The second-order valence-corrected chi connectivity index (χ2v) is 5.52. The largest absolute Gasteiger partial charge is 0.233 e. The molecule has 0 radical (unpaired) electrons. The van der Waals surface area contributed by atoms with E-state index in [2.05, 4.69) is 38.9 Å². The van der Waals surface area contributed by atoms with Crippen molar-refractivity contribution in [2.45, 2.75) is 26.7 Å². The zero-order valence-electron chi connectivity index (χ0n) is 10.4. The predicted molar refractivity (Wildman–Crippen MR) is 78.9 cm³/mol. The number of hydrogen-bond donors (Lipinski definition) is 0. The molecule has 1 aromatic carbocycles. The second-order valence-electron chi connectivity index (χ2n) is 4.21. The Morgan fingerprint density at radius 1 is 1.22 bits per heavy atom. The minimum Gasteiger partial charge on any atom is -0.233 e. The van der Waals surface area contributed by atoms with Crippen LogP contribution in [0, 0.1) is 6.92 Å². The molecule has 1 heterocycles. The van der Waals surface area contributed by atoms with Gasteiger partial charge in [0.1, 0.15) is 5.15 Å². The summed E-state index contributed by atoms with van der Waals surface area (Å²) < 4.78 is 1.06. The molecule has 18 heavy (non-hydrogen) atoms. The lowest BCUT2D eigenvalue weighted by Gasteiger charge is -2.07. The number of nitrogens with zero attached hydrogens (tertiary/aromatic N) is 2. The summed E-state index contributed by atoms with van der Waals surface area (Å²) in [6.45, 7) is 4.17. The van der Waals surface area contributed by atoms with E-state index in [9.17, 15) is 0 Å². The Bertz CT molecular complexity index is 570. The maximum Gasteiger partial charge on any atom is 0.161 e. The quantitative estimate of drug-likeness (QED) is 0.756. The predicted octanol–water partition coefficient (Wildman–Crippen LogP) is 4.82. The van der Waals surface area contributed by atoms with E-state index in [1.54, 1.807) is 0 Å². The van der Waals surface area contributed by atoms with Gasteiger partial charge in [0, 0.05) is 15.7 Å². The molecule has 0 atom stereocenters. The molecule has 0 aliphatic rings. The highest BCUT2D eigenvalue weighted by Gasteiger charge is 2.08. The van der Waals surface area contributed by atoms with Crippen LogP contribution in [0.3, 0.4) is 0 Å². The molecule has 0 aliphatic carbocycles. The molecule has 0 saturated heterocycles. The molecule has 2 nitrogen and oxygen atoms in total. The van der Waals surface area contributed by atoms with Crippen molar-refractivity contribution < 1.29 is 0 Å². The van der Waals surface area contributed by atoms with E-state index in [1.807, 2.05) is 25.1 Å². The molecule has 0 bridgehead atoms. The minimum absolute atomic E-state index is 0.505.